The third-order valence-corrected chi connectivity index (χ3v) is 0.214. The minimum Gasteiger partial charge on any atom is -0.201 e. The monoisotopic (exact) mass is 113 g/mol. The van der Waals surface area contributed by atoms with E-state index < -0.39 is 4.49 Å². The Labute approximate surface area is 39.2 Å². The number of hydrogen-bond acceptors (Lipinski definition) is 0. The van der Waals surface area contributed by atoms with E-state index in [4.69, 9.17) is 0 Å². The van der Waals surface area contributed by atoms with Gasteiger partial charge in [-0.15, -0.1) is 0 Å². The minimum atomic E-state index is -0.468. The summed E-state index contributed by atoms with van der Waals surface area (Å²) >= 11 is 9.32. The molecule has 0 fully saturated rings. The van der Waals surface area contributed by atoms with Gasteiger partial charge in [-0.3, -0.25) is 0 Å². The zero-order valence-electron chi connectivity index (χ0n) is 2.13. The van der Waals surface area contributed by atoms with Crippen molar-refractivity contribution in [1.29, 1.82) is 0 Å². The lowest BCUT2D eigenvalue weighted by Gasteiger charge is -1.61. The number of halogens is 3. The van der Waals surface area contributed by atoms with Gasteiger partial charge in [0, 0.05) is 0 Å². The van der Waals surface area contributed by atoms with Gasteiger partial charge in [0.1, 0.15) is 4.49 Å². The van der Waals surface area contributed by atoms with E-state index in [1.54, 1.807) is 0 Å². The summed E-state index contributed by atoms with van der Waals surface area (Å²) < 4.78 is 10.1. The lowest BCUT2D eigenvalue weighted by atomic mass is 11.2. The predicted octanol–water partition coefficient (Wildman–Crippen LogP) is 2.04. The highest BCUT2D eigenvalue weighted by atomic mass is 35.5. The van der Waals surface area contributed by atoms with Gasteiger partial charge >= 0.3 is 0 Å². The van der Waals surface area contributed by atoms with Crippen LogP contribution in [-0.2, 0) is 0 Å². The number of rotatable bonds is 0. The molecule has 0 atom stereocenters. The smallest absolute Gasteiger partial charge is 0.191 e. The van der Waals surface area contributed by atoms with E-state index in [2.05, 4.69) is 23.2 Å². The second-order valence-corrected chi connectivity index (χ2v) is 1.30. The first-order valence-corrected chi connectivity index (χ1v) is 1.57. The fourth-order valence-electron chi connectivity index (χ4n) is 0. The van der Waals surface area contributed by atoms with E-state index in [1.165, 1.54) is 0 Å². The normalized spacial score (nSPS) is 7.00. The molecule has 0 saturated heterocycles. The Hall–Kier alpha value is 0.250. The molecule has 29 valence electrons. The summed E-state index contributed by atoms with van der Waals surface area (Å²) in [5.74, 6) is 0. The van der Waals surface area contributed by atoms with Crippen LogP contribution in [0.25, 0.3) is 0 Å². The summed E-state index contributed by atoms with van der Waals surface area (Å²) in [7, 11) is 0. The van der Waals surface area contributed by atoms with Gasteiger partial charge in [0.2, 0.25) is 0 Å². The Morgan fingerprint density at radius 3 is 1.80 bits per heavy atom. The van der Waals surface area contributed by atoms with E-state index in [-0.39, 0.29) is 0 Å². The highest BCUT2D eigenvalue weighted by Gasteiger charge is 1.74. The van der Waals surface area contributed by atoms with E-state index in [0.717, 1.165) is 6.33 Å². The highest BCUT2D eigenvalue weighted by molar-refractivity contribution is 6.55. The average molecular weight is 114 g/mol. The van der Waals surface area contributed by atoms with Crippen molar-refractivity contribution in [1.82, 2.24) is 0 Å². The molecule has 0 nitrogen and oxygen atoms in total. The van der Waals surface area contributed by atoms with Crippen LogP contribution in [0.5, 0.6) is 0 Å². The molecule has 0 aromatic rings. The maximum atomic E-state index is 10.6. The first kappa shape index (κ1) is 5.25. The van der Waals surface area contributed by atoms with Crippen LogP contribution in [0.3, 0.4) is 0 Å². The molecular weight excluding hydrogens is 114 g/mol. The molecular formula is C2Cl2F. The van der Waals surface area contributed by atoms with Crippen molar-refractivity contribution in [3.8, 4) is 0 Å². The molecule has 3 heteroatoms. The molecule has 0 heterocycles. The van der Waals surface area contributed by atoms with Gasteiger partial charge in [-0.05, 0) is 0 Å². The summed E-state index contributed by atoms with van der Waals surface area (Å²) in [5.41, 5.74) is 0. The van der Waals surface area contributed by atoms with Crippen LogP contribution in [0, 0.1) is 6.33 Å². The Bertz CT molecular complexity index is 45.6. The van der Waals surface area contributed by atoms with Crippen molar-refractivity contribution in [3.05, 3.63) is 10.8 Å². The van der Waals surface area contributed by atoms with Gasteiger partial charge in [0.15, 0.2) is 6.33 Å². The molecule has 0 saturated carbocycles. The largest absolute Gasteiger partial charge is 0.201 e. The Kier molecular flexibility index (Phi) is 2.61. The first-order valence-electron chi connectivity index (χ1n) is 0.817. The molecule has 0 bridgehead atoms. The third kappa shape index (κ3) is 4.25. The average Bonchev–Trinajstić information content (AvgIpc) is 1.38. The lowest BCUT2D eigenvalue weighted by Crippen LogP contribution is -1.37. The second-order valence-electron chi connectivity index (χ2n) is 0.355. The van der Waals surface area contributed by atoms with Crippen molar-refractivity contribution in [3.63, 3.8) is 0 Å². The topological polar surface area (TPSA) is 0 Å². The van der Waals surface area contributed by atoms with Crippen molar-refractivity contribution < 1.29 is 4.39 Å². The van der Waals surface area contributed by atoms with Crippen LogP contribution >= 0.6 is 23.2 Å². The van der Waals surface area contributed by atoms with Crippen molar-refractivity contribution in [2.45, 2.75) is 0 Å². The third-order valence-electron chi connectivity index (χ3n) is 0.0714. The Balaban J connectivity index is 3.14. The molecule has 0 aliphatic heterocycles. The van der Waals surface area contributed by atoms with Gasteiger partial charge in [-0.1, -0.05) is 23.2 Å². The quantitative estimate of drug-likeness (QED) is 0.451. The SMILES string of the molecule is F[C]=C(Cl)Cl. The van der Waals surface area contributed by atoms with E-state index in [1.807, 2.05) is 0 Å². The first-order chi connectivity index (χ1) is 2.27. The van der Waals surface area contributed by atoms with Crippen LogP contribution in [0.1, 0.15) is 0 Å². The van der Waals surface area contributed by atoms with E-state index in [0.29, 0.717) is 0 Å². The Morgan fingerprint density at radius 2 is 1.80 bits per heavy atom. The summed E-state index contributed by atoms with van der Waals surface area (Å²) in [6, 6.07) is 0. The number of hydrogen-bond donors (Lipinski definition) is 0. The van der Waals surface area contributed by atoms with Crippen LogP contribution in [0.2, 0.25) is 0 Å². The predicted molar refractivity (Wildman–Crippen MR) is 19.6 cm³/mol. The van der Waals surface area contributed by atoms with Crippen LogP contribution < -0.4 is 0 Å². The molecule has 0 amide bonds. The summed E-state index contributed by atoms with van der Waals surface area (Å²) in [6.45, 7) is 0. The Morgan fingerprint density at radius 1 is 1.60 bits per heavy atom. The zero-order chi connectivity index (χ0) is 4.28. The fraction of sp³-hybridized carbons (Fsp3) is 0. The van der Waals surface area contributed by atoms with Crippen LogP contribution in [0.15, 0.2) is 4.49 Å². The molecule has 0 spiro atoms. The lowest BCUT2D eigenvalue weighted by molar-refractivity contribution is 0.684. The van der Waals surface area contributed by atoms with Crippen LogP contribution in [0.4, 0.5) is 4.39 Å². The van der Waals surface area contributed by atoms with E-state index >= 15 is 0 Å². The fourth-order valence-corrected chi connectivity index (χ4v) is 0. The van der Waals surface area contributed by atoms with Crippen molar-refractivity contribution in [2.75, 3.05) is 0 Å². The molecule has 0 unspecified atom stereocenters. The molecule has 5 heavy (non-hydrogen) atoms. The molecule has 0 rings (SSSR count). The van der Waals surface area contributed by atoms with Crippen LogP contribution in [-0.4, -0.2) is 0 Å². The van der Waals surface area contributed by atoms with Gasteiger partial charge < -0.3 is 0 Å². The second kappa shape index (κ2) is 2.49. The summed E-state index contributed by atoms with van der Waals surface area (Å²) in [6.07, 6.45) is 0.975. The van der Waals surface area contributed by atoms with Gasteiger partial charge in [0.05, 0.1) is 0 Å². The summed E-state index contributed by atoms with van der Waals surface area (Å²) in [5, 5.41) is 0. The van der Waals surface area contributed by atoms with Gasteiger partial charge in [-0.25, -0.2) is 4.39 Å². The molecule has 1 radical (unpaired) electrons. The molecule has 0 aliphatic carbocycles. The minimum absolute atomic E-state index is 0.468. The zero-order valence-corrected chi connectivity index (χ0v) is 3.65. The maximum Gasteiger partial charge on any atom is 0.191 e. The highest BCUT2D eigenvalue weighted by Crippen LogP contribution is 2.03. The van der Waals surface area contributed by atoms with Crippen molar-refractivity contribution >= 4 is 23.2 Å². The van der Waals surface area contributed by atoms with Gasteiger partial charge in [0.25, 0.3) is 0 Å². The van der Waals surface area contributed by atoms with Crippen molar-refractivity contribution in [2.24, 2.45) is 0 Å². The summed E-state index contributed by atoms with van der Waals surface area (Å²) in [4.78, 5) is 0. The standard InChI is InChI=1S/C2Cl2F/c3-2(4)1-5. The molecule has 0 aromatic heterocycles. The molecule has 0 aromatic carbocycles. The molecule has 0 aliphatic rings. The maximum absolute atomic E-state index is 10.6. The van der Waals surface area contributed by atoms with E-state index in [9.17, 15) is 4.39 Å². The van der Waals surface area contributed by atoms with Gasteiger partial charge in [-0.2, -0.15) is 0 Å². The molecule has 0 N–H and O–H groups in total.